The second-order valence-corrected chi connectivity index (χ2v) is 10.2. The predicted octanol–water partition coefficient (Wildman–Crippen LogP) is 6.28. The van der Waals surface area contributed by atoms with E-state index in [-0.39, 0.29) is 11.5 Å². The summed E-state index contributed by atoms with van der Waals surface area (Å²) in [6.45, 7) is 13.6. The molecule has 1 aliphatic carbocycles. The largest absolute Gasteiger partial charge is 0.487 e. The van der Waals surface area contributed by atoms with E-state index in [1.54, 1.807) is 0 Å². The summed E-state index contributed by atoms with van der Waals surface area (Å²) in [5, 5.41) is 10.2. The number of morpholine rings is 1. The maximum Gasteiger partial charge on any atom is 0.156 e. The van der Waals surface area contributed by atoms with E-state index in [1.807, 2.05) is 55.5 Å². The van der Waals surface area contributed by atoms with Gasteiger partial charge in [0.1, 0.15) is 24.2 Å². The number of allylic oxidation sites excluding steroid dienone is 1. The van der Waals surface area contributed by atoms with Gasteiger partial charge in [-0.3, -0.25) is 0 Å². The zero-order valence-electron chi connectivity index (χ0n) is 21.8. The molecule has 4 rings (SSSR count). The standard InChI is InChI=1S/C30H34ClN3O3/c1-5-6-25(33-21(2)34-13-15-35-16-14-34)20-36-26-9-7-23(8-10-26)30(3,4)24-17-22(19-32)29(28(31)18-24)37-27-11-12-27/h5-10,17-18,27H,2,11-16,20H2,1,3-4H3/b6-5-,33-25+. The van der Waals surface area contributed by atoms with Crippen molar-refractivity contribution < 1.29 is 14.2 Å². The van der Waals surface area contributed by atoms with Crippen molar-refractivity contribution in [2.75, 3.05) is 32.9 Å². The van der Waals surface area contributed by atoms with Crippen molar-refractivity contribution in [2.24, 2.45) is 4.99 Å². The topological polar surface area (TPSA) is 67.1 Å². The van der Waals surface area contributed by atoms with Crippen molar-refractivity contribution in [3.8, 4) is 17.6 Å². The minimum absolute atomic E-state index is 0.173. The Bertz CT molecular complexity index is 1220. The maximum atomic E-state index is 9.71. The Hall–Kier alpha value is -3.27. The van der Waals surface area contributed by atoms with Crippen LogP contribution in [0.15, 0.2) is 65.9 Å². The van der Waals surface area contributed by atoms with E-state index in [2.05, 4.69) is 36.4 Å². The molecular weight excluding hydrogens is 486 g/mol. The molecule has 37 heavy (non-hydrogen) atoms. The third kappa shape index (κ3) is 6.74. The second-order valence-electron chi connectivity index (χ2n) is 9.82. The molecule has 2 fully saturated rings. The van der Waals surface area contributed by atoms with Crippen LogP contribution in [0.5, 0.6) is 11.5 Å². The molecule has 2 aromatic carbocycles. The Morgan fingerprint density at radius 3 is 2.54 bits per heavy atom. The summed E-state index contributed by atoms with van der Waals surface area (Å²) in [6.07, 6.45) is 6.08. The van der Waals surface area contributed by atoms with Crippen LogP contribution in [0.3, 0.4) is 0 Å². The van der Waals surface area contributed by atoms with E-state index in [1.165, 1.54) is 0 Å². The Labute approximate surface area is 224 Å². The van der Waals surface area contributed by atoms with Gasteiger partial charge in [-0.2, -0.15) is 5.26 Å². The number of rotatable bonds is 10. The van der Waals surface area contributed by atoms with Crippen LogP contribution in [-0.4, -0.2) is 49.6 Å². The Morgan fingerprint density at radius 1 is 1.22 bits per heavy atom. The van der Waals surface area contributed by atoms with Crippen LogP contribution in [0, 0.1) is 11.3 Å². The van der Waals surface area contributed by atoms with Crippen molar-refractivity contribution in [2.45, 2.75) is 45.1 Å². The van der Waals surface area contributed by atoms with Crippen molar-refractivity contribution in [1.29, 1.82) is 5.26 Å². The first-order chi connectivity index (χ1) is 17.8. The van der Waals surface area contributed by atoms with Crippen molar-refractivity contribution in [1.82, 2.24) is 4.90 Å². The average molecular weight is 520 g/mol. The van der Waals surface area contributed by atoms with Crippen LogP contribution in [0.25, 0.3) is 0 Å². The van der Waals surface area contributed by atoms with Gasteiger partial charge in [-0.05, 0) is 61.2 Å². The molecule has 0 N–H and O–H groups in total. The minimum atomic E-state index is -0.376. The van der Waals surface area contributed by atoms with Gasteiger partial charge in [-0.25, -0.2) is 4.99 Å². The van der Waals surface area contributed by atoms with E-state index >= 15 is 0 Å². The summed E-state index contributed by atoms with van der Waals surface area (Å²) in [5.74, 6) is 1.96. The molecule has 1 heterocycles. The van der Waals surface area contributed by atoms with Gasteiger partial charge in [-0.15, -0.1) is 0 Å². The lowest BCUT2D eigenvalue weighted by atomic mass is 9.77. The molecule has 0 unspecified atom stereocenters. The third-order valence-electron chi connectivity index (χ3n) is 6.67. The molecule has 0 radical (unpaired) electrons. The summed E-state index contributed by atoms with van der Waals surface area (Å²) in [5.41, 5.74) is 2.93. The van der Waals surface area contributed by atoms with Crippen LogP contribution in [0.1, 0.15) is 50.3 Å². The van der Waals surface area contributed by atoms with E-state index in [0.717, 1.165) is 54.3 Å². The predicted molar refractivity (Wildman–Crippen MR) is 148 cm³/mol. The van der Waals surface area contributed by atoms with Crippen molar-refractivity contribution >= 4 is 17.3 Å². The van der Waals surface area contributed by atoms with E-state index in [4.69, 9.17) is 25.8 Å². The highest BCUT2D eigenvalue weighted by molar-refractivity contribution is 6.32. The summed E-state index contributed by atoms with van der Waals surface area (Å²) < 4.78 is 17.4. The van der Waals surface area contributed by atoms with Crippen LogP contribution >= 0.6 is 11.6 Å². The van der Waals surface area contributed by atoms with Crippen LogP contribution in [0.2, 0.25) is 5.02 Å². The second kappa shape index (κ2) is 11.9. The molecular formula is C30H34ClN3O3. The number of nitriles is 1. The highest BCUT2D eigenvalue weighted by Crippen LogP contribution is 2.40. The first kappa shape index (κ1) is 26.8. The number of hydrogen-bond acceptors (Lipinski definition) is 6. The zero-order valence-corrected chi connectivity index (χ0v) is 22.6. The normalized spacial score (nSPS) is 16.5. The lowest BCUT2D eigenvalue weighted by Gasteiger charge is -2.28. The average Bonchev–Trinajstić information content (AvgIpc) is 3.73. The van der Waals surface area contributed by atoms with Crippen LogP contribution in [-0.2, 0) is 10.2 Å². The fraction of sp³-hybridized carbons (Fsp3) is 0.400. The fourth-order valence-electron chi connectivity index (χ4n) is 4.17. The Morgan fingerprint density at radius 2 is 1.92 bits per heavy atom. The van der Waals surface area contributed by atoms with Crippen LogP contribution in [0.4, 0.5) is 0 Å². The minimum Gasteiger partial charge on any atom is -0.487 e. The summed E-state index contributed by atoms with van der Waals surface area (Å²) in [4.78, 5) is 6.81. The Balaban J connectivity index is 1.45. The van der Waals surface area contributed by atoms with Crippen LogP contribution < -0.4 is 9.47 Å². The molecule has 2 aromatic rings. The molecule has 0 aromatic heterocycles. The number of nitrogens with zero attached hydrogens (tertiary/aromatic N) is 3. The number of hydrogen-bond donors (Lipinski definition) is 0. The van der Waals surface area contributed by atoms with E-state index in [0.29, 0.717) is 36.2 Å². The summed E-state index contributed by atoms with van der Waals surface area (Å²) in [7, 11) is 0. The van der Waals surface area contributed by atoms with E-state index < -0.39 is 0 Å². The third-order valence-corrected chi connectivity index (χ3v) is 6.95. The van der Waals surface area contributed by atoms with Gasteiger partial charge in [0.25, 0.3) is 0 Å². The summed E-state index contributed by atoms with van der Waals surface area (Å²) >= 11 is 6.56. The zero-order chi connectivity index (χ0) is 26.4. The monoisotopic (exact) mass is 519 g/mol. The highest BCUT2D eigenvalue weighted by atomic mass is 35.5. The van der Waals surface area contributed by atoms with Gasteiger partial charge in [-0.1, -0.05) is 50.2 Å². The molecule has 0 spiro atoms. The quantitative estimate of drug-likeness (QED) is 0.346. The molecule has 1 saturated carbocycles. The molecule has 2 aliphatic rings. The number of benzene rings is 2. The SMILES string of the molecule is C=C(/N=C(\C=C/C)COc1ccc(C(C)(C)c2cc(Cl)c(OC3CC3)c(C#N)c2)cc1)N1CCOCC1. The smallest absolute Gasteiger partial charge is 0.156 e. The van der Waals surface area contributed by atoms with Gasteiger partial charge in [0.2, 0.25) is 0 Å². The van der Waals surface area contributed by atoms with E-state index in [9.17, 15) is 5.26 Å². The lowest BCUT2D eigenvalue weighted by Crippen LogP contribution is -2.35. The molecule has 0 amide bonds. The summed E-state index contributed by atoms with van der Waals surface area (Å²) in [6, 6.07) is 14.0. The first-order valence-electron chi connectivity index (χ1n) is 12.7. The van der Waals surface area contributed by atoms with Gasteiger partial charge in [0, 0.05) is 18.5 Å². The molecule has 1 saturated heterocycles. The fourth-order valence-corrected chi connectivity index (χ4v) is 4.43. The van der Waals surface area contributed by atoms with Gasteiger partial charge in [0.15, 0.2) is 5.75 Å². The number of ether oxygens (including phenoxy) is 3. The van der Waals surface area contributed by atoms with Crippen molar-refractivity contribution in [3.05, 3.63) is 82.7 Å². The molecule has 0 bridgehead atoms. The van der Waals surface area contributed by atoms with Crippen molar-refractivity contribution in [3.63, 3.8) is 0 Å². The highest BCUT2D eigenvalue weighted by Gasteiger charge is 2.29. The molecule has 7 heteroatoms. The van der Waals surface area contributed by atoms with Gasteiger partial charge in [0.05, 0.1) is 35.6 Å². The molecule has 1 aliphatic heterocycles. The maximum absolute atomic E-state index is 9.71. The van der Waals surface area contributed by atoms with Gasteiger partial charge < -0.3 is 19.1 Å². The Kier molecular flexibility index (Phi) is 8.58. The lowest BCUT2D eigenvalue weighted by molar-refractivity contribution is 0.0534. The molecule has 194 valence electrons. The molecule has 0 atom stereocenters. The van der Waals surface area contributed by atoms with Gasteiger partial charge >= 0.3 is 0 Å². The first-order valence-corrected chi connectivity index (χ1v) is 13.1. The number of aliphatic imine (C=N–C) groups is 1. The number of halogens is 1. The molecule has 6 nitrogen and oxygen atoms in total.